The van der Waals surface area contributed by atoms with E-state index in [0.29, 0.717) is 0 Å². The van der Waals surface area contributed by atoms with Crippen molar-refractivity contribution >= 4 is 0 Å². The normalized spacial score (nSPS) is 15.0. The zero-order valence-corrected chi connectivity index (χ0v) is 6.19. The van der Waals surface area contributed by atoms with E-state index in [1.807, 2.05) is 0 Å². The standard InChI is InChI=1S/C6H11F3O2/c1-11-4-2-3-5(10)6(7,8)9/h5,10H,2-4H2,1H3/t5-/m0/s1. The molecule has 0 saturated carbocycles. The molecule has 0 fully saturated rings. The lowest BCUT2D eigenvalue weighted by Gasteiger charge is -2.13. The van der Waals surface area contributed by atoms with Crippen LogP contribution in [0.1, 0.15) is 12.8 Å². The molecule has 1 atom stereocenters. The minimum atomic E-state index is -4.49. The van der Waals surface area contributed by atoms with Crippen molar-refractivity contribution < 1.29 is 23.0 Å². The number of hydrogen-bond donors (Lipinski definition) is 1. The quantitative estimate of drug-likeness (QED) is 0.648. The van der Waals surface area contributed by atoms with Crippen LogP contribution in [0.2, 0.25) is 0 Å². The highest BCUT2D eigenvalue weighted by atomic mass is 19.4. The topological polar surface area (TPSA) is 29.5 Å². The van der Waals surface area contributed by atoms with Crippen LogP contribution in [-0.2, 0) is 4.74 Å². The van der Waals surface area contributed by atoms with Crippen molar-refractivity contribution in [2.45, 2.75) is 25.1 Å². The predicted octanol–water partition coefficient (Wildman–Crippen LogP) is 1.34. The average molecular weight is 172 g/mol. The Hall–Kier alpha value is -0.290. The molecule has 0 saturated heterocycles. The molecule has 0 unspecified atom stereocenters. The first-order valence-corrected chi connectivity index (χ1v) is 3.22. The second-order valence-corrected chi connectivity index (χ2v) is 2.19. The van der Waals surface area contributed by atoms with E-state index in [9.17, 15) is 13.2 Å². The Morgan fingerprint density at radius 2 is 2.00 bits per heavy atom. The molecule has 0 aliphatic carbocycles. The third kappa shape index (κ3) is 5.03. The fourth-order valence-corrected chi connectivity index (χ4v) is 0.585. The summed E-state index contributed by atoms with van der Waals surface area (Å²) in [6, 6.07) is 0. The molecule has 2 nitrogen and oxygen atoms in total. The number of halogens is 3. The number of rotatable bonds is 4. The summed E-state index contributed by atoms with van der Waals surface area (Å²) < 4.78 is 39.3. The molecule has 0 rings (SSSR count). The van der Waals surface area contributed by atoms with Crippen molar-refractivity contribution in [3.8, 4) is 0 Å². The molecule has 0 bridgehead atoms. The summed E-state index contributed by atoms with van der Waals surface area (Å²) in [7, 11) is 1.40. The Balaban J connectivity index is 3.44. The third-order valence-corrected chi connectivity index (χ3v) is 1.20. The Morgan fingerprint density at radius 3 is 2.36 bits per heavy atom. The number of hydrogen-bond acceptors (Lipinski definition) is 2. The van der Waals surface area contributed by atoms with Gasteiger partial charge in [0.1, 0.15) is 6.10 Å². The smallest absolute Gasteiger partial charge is 0.385 e. The lowest BCUT2D eigenvalue weighted by atomic mass is 10.2. The molecule has 0 aliphatic rings. The van der Waals surface area contributed by atoms with Crippen molar-refractivity contribution in [1.82, 2.24) is 0 Å². The number of aliphatic hydroxyl groups excluding tert-OH is 1. The molecular formula is C6H11F3O2. The van der Waals surface area contributed by atoms with Crippen molar-refractivity contribution in [3.63, 3.8) is 0 Å². The molecule has 11 heavy (non-hydrogen) atoms. The molecule has 0 spiro atoms. The first-order chi connectivity index (χ1) is 4.98. The zero-order chi connectivity index (χ0) is 8.91. The van der Waals surface area contributed by atoms with Crippen LogP contribution in [0.4, 0.5) is 13.2 Å². The van der Waals surface area contributed by atoms with Crippen LogP contribution in [0.5, 0.6) is 0 Å². The van der Waals surface area contributed by atoms with Crippen LogP contribution in [0, 0.1) is 0 Å². The minimum Gasteiger partial charge on any atom is -0.385 e. The van der Waals surface area contributed by atoms with E-state index in [0.717, 1.165) is 0 Å². The lowest BCUT2D eigenvalue weighted by Crippen LogP contribution is -2.28. The van der Waals surface area contributed by atoms with Gasteiger partial charge in [-0.25, -0.2) is 0 Å². The van der Waals surface area contributed by atoms with Gasteiger partial charge in [-0.15, -0.1) is 0 Å². The molecule has 0 aromatic rings. The Bertz CT molecular complexity index is 102. The second kappa shape index (κ2) is 4.56. The van der Waals surface area contributed by atoms with Crippen molar-refractivity contribution in [2.75, 3.05) is 13.7 Å². The largest absolute Gasteiger partial charge is 0.414 e. The molecule has 68 valence electrons. The summed E-state index contributed by atoms with van der Waals surface area (Å²) in [4.78, 5) is 0. The molecule has 1 N–H and O–H groups in total. The van der Waals surface area contributed by atoms with Gasteiger partial charge in [0.2, 0.25) is 0 Å². The minimum absolute atomic E-state index is 0.219. The van der Waals surface area contributed by atoms with E-state index in [4.69, 9.17) is 5.11 Å². The number of alkyl halides is 3. The maximum absolute atomic E-state index is 11.6. The summed E-state index contributed by atoms with van der Waals surface area (Å²) in [5, 5.41) is 8.43. The molecule has 0 aromatic carbocycles. The summed E-state index contributed by atoms with van der Waals surface area (Å²) in [5.74, 6) is 0. The highest BCUT2D eigenvalue weighted by Crippen LogP contribution is 2.22. The number of methoxy groups -OCH3 is 1. The fourth-order valence-electron chi connectivity index (χ4n) is 0.585. The summed E-state index contributed by atoms with van der Waals surface area (Å²) in [6.45, 7) is 0.243. The SMILES string of the molecule is COCCC[C@H](O)C(F)(F)F. The van der Waals surface area contributed by atoms with Crippen molar-refractivity contribution in [3.05, 3.63) is 0 Å². The first kappa shape index (κ1) is 10.7. The van der Waals surface area contributed by atoms with Crippen LogP contribution in [0.3, 0.4) is 0 Å². The van der Waals surface area contributed by atoms with Gasteiger partial charge in [-0.3, -0.25) is 0 Å². The van der Waals surface area contributed by atoms with E-state index in [-0.39, 0.29) is 19.4 Å². The van der Waals surface area contributed by atoms with Crippen molar-refractivity contribution in [1.29, 1.82) is 0 Å². The molecule has 0 heterocycles. The highest BCUT2D eigenvalue weighted by Gasteiger charge is 2.37. The predicted molar refractivity (Wildman–Crippen MR) is 33.2 cm³/mol. The van der Waals surface area contributed by atoms with Crippen LogP contribution < -0.4 is 0 Å². The Labute approximate surface area is 63.0 Å². The summed E-state index contributed by atoms with van der Waals surface area (Å²) in [5.41, 5.74) is 0. The van der Waals surface area contributed by atoms with Gasteiger partial charge in [0, 0.05) is 13.7 Å². The number of ether oxygens (including phenoxy) is 1. The van der Waals surface area contributed by atoms with Crippen molar-refractivity contribution in [2.24, 2.45) is 0 Å². The summed E-state index contributed by atoms with van der Waals surface area (Å²) in [6.07, 6.45) is -6.78. The first-order valence-electron chi connectivity index (χ1n) is 3.22. The Morgan fingerprint density at radius 1 is 1.45 bits per heavy atom. The van der Waals surface area contributed by atoms with E-state index in [1.54, 1.807) is 0 Å². The average Bonchev–Trinajstić information content (AvgIpc) is 1.86. The summed E-state index contributed by atoms with van der Waals surface area (Å²) >= 11 is 0. The maximum atomic E-state index is 11.6. The van der Waals surface area contributed by atoms with E-state index < -0.39 is 12.3 Å². The van der Waals surface area contributed by atoms with Crippen LogP contribution in [0.15, 0.2) is 0 Å². The van der Waals surface area contributed by atoms with E-state index in [1.165, 1.54) is 7.11 Å². The fraction of sp³-hybridized carbons (Fsp3) is 1.00. The van der Waals surface area contributed by atoms with Gasteiger partial charge < -0.3 is 9.84 Å². The molecular weight excluding hydrogens is 161 g/mol. The van der Waals surface area contributed by atoms with Gasteiger partial charge in [-0.1, -0.05) is 0 Å². The van der Waals surface area contributed by atoms with Gasteiger partial charge in [0.25, 0.3) is 0 Å². The van der Waals surface area contributed by atoms with E-state index >= 15 is 0 Å². The molecule has 0 amide bonds. The molecule has 0 aromatic heterocycles. The highest BCUT2D eigenvalue weighted by molar-refractivity contribution is 4.64. The third-order valence-electron chi connectivity index (χ3n) is 1.20. The van der Waals surface area contributed by atoms with Gasteiger partial charge in [-0.05, 0) is 12.8 Å². The Kier molecular flexibility index (Phi) is 4.44. The monoisotopic (exact) mass is 172 g/mol. The van der Waals surface area contributed by atoms with Gasteiger partial charge in [0.05, 0.1) is 0 Å². The number of aliphatic hydroxyl groups is 1. The van der Waals surface area contributed by atoms with Gasteiger partial charge >= 0.3 is 6.18 Å². The lowest BCUT2D eigenvalue weighted by molar-refractivity contribution is -0.206. The zero-order valence-electron chi connectivity index (χ0n) is 6.19. The molecule has 0 aliphatic heterocycles. The van der Waals surface area contributed by atoms with Crippen LogP contribution in [-0.4, -0.2) is 31.1 Å². The maximum Gasteiger partial charge on any atom is 0.414 e. The van der Waals surface area contributed by atoms with Gasteiger partial charge in [0.15, 0.2) is 0 Å². The molecule has 0 radical (unpaired) electrons. The van der Waals surface area contributed by atoms with Gasteiger partial charge in [-0.2, -0.15) is 13.2 Å². The van der Waals surface area contributed by atoms with E-state index in [2.05, 4.69) is 4.74 Å². The van der Waals surface area contributed by atoms with Crippen LogP contribution in [0.25, 0.3) is 0 Å². The molecule has 5 heteroatoms. The van der Waals surface area contributed by atoms with Crippen LogP contribution >= 0.6 is 0 Å². The second-order valence-electron chi connectivity index (χ2n) is 2.19.